The maximum Gasteiger partial charge on any atom is 0.276 e. The number of carbonyl (C=O) groups is 1. The minimum Gasteiger partial charge on any atom is -0.497 e. The van der Waals surface area contributed by atoms with Gasteiger partial charge in [-0.25, -0.2) is 5.01 Å². The van der Waals surface area contributed by atoms with E-state index in [1.807, 2.05) is 60.7 Å². The van der Waals surface area contributed by atoms with Gasteiger partial charge in [0.25, 0.3) is 5.91 Å². The molecule has 0 aliphatic rings. The average molecular weight is 377 g/mol. The second-order valence-electron chi connectivity index (χ2n) is 5.64. The van der Waals surface area contributed by atoms with Crippen LogP contribution in [-0.2, 0) is 0 Å². The van der Waals surface area contributed by atoms with E-state index in [1.165, 1.54) is 5.01 Å². The zero-order valence-electron chi connectivity index (χ0n) is 14.8. The van der Waals surface area contributed by atoms with Crippen LogP contribution >= 0.6 is 12.2 Å². The molecule has 6 heteroatoms. The molecule has 0 atom stereocenters. The highest BCUT2D eigenvalue weighted by Crippen LogP contribution is 2.17. The fraction of sp³-hybridized carbons (Fsp3) is 0.0476. The number of hydrazine groups is 1. The lowest BCUT2D eigenvalue weighted by Gasteiger charge is -2.25. The first-order chi connectivity index (χ1) is 13.2. The van der Waals surface area contributed by atoms with E-state index in [1.54, 1.807) is 31.4 Å². The number of thiocarbonyl (C=S) groups is 1. The molecule has 2 N–H and O–H groups in total. The highest BCUT2D eigenvalue weighted by atomic mass is 32.1. The minimum absolute atomic E-state index is 0.235. The SMILES string of the molecule is COc1ccc(C(=O)N(NC(=S)Nc2ccccc2)c2ccccc2)cc1. The van der Waals surface area contributed by atoms with Gasteiger partial charge >= 0.3 is 0 Å². The molecule has 3 rings (SSSR count). The van der Waals surface area contributed by atoms with Gasteiger partial charge in [-0.05, 0) is 60.7 Å². The van der Waals surface area contributed by atoms with E-state index < -0.39 is 0 Å². The standard InChI is InChI=1S/C21H19N3O2S/c1-26-19-14-12-16(13-15-19)20(25)24(18-10-6-3-7-11-18)23-21(27)22-17-8-4-2-5-9-17/h2-15H,1H3,(H2,22,23,27). The Morgan fingerprint density at radius 1 is 0.889 bits per heavy atom. The smallest absolute Gasteiger partial charge is 0.276 e. The number of ether oxygens (including phenoxy) is 1. The number of rotatable bonds is 4. The van der Waals surface area contributed by atoms with E-state index in [0.717, 1.165) is 5.69 Å². The van der Waals surface area contributed by atoms with Crippen LogP contribution in [-0.4, -0.2) is 18.1 Å². The van der Waals surface area contributed by atoms with Crippen LogP contribution in [0, 0.1) is 0 Å². The van der Waals surface area contributed by atoms with Crippen molar-refractivity contribution < 1.29 is 9.53 Å². The molecule has 1 amide bonds. The van der Waals surface area contributed by atoms with Crippen molar-refractivity contribution in [1.82, 2.24) is 5.43 Å². The summed E-state index contributed by atoms with van der Waals surface area (Å²) in [5, 5.41) is 4.80. The Balaban J connectivity index is 1.82. The molecule has 0 bridgehead atoms. The van der Waals surface area contributed by atoms with Gasteiger partial charge in [-0.1, -0.05) is 36.4 Å². The number of benzene rings is 3. The summed E-state index contributed by atoms with van der Waals surface area (Å²) >= 11 is 5.38. The molecule has 0 radical (unpaired) electrons. The summed E-state index contributed by atoms with van der Waals surface area (Å²) in [5.41, 5.74) is 5.00. The molecule has 27 heavy (non-hydrogen) atoms. The highest BCUT2D eigenvalue weighted by molar-refractivity contribution is 7.80. The molecule has 136 valence electrons. The molecular formula is C21H19N3O2S. The van der Waals surface area contributed by atoms with Gasteiger partial charge in [-0.3, -0.25) is 10.2 Å². The van der Waals surface area contributed by atoms with Gasteiger partial charge in [0.05, 0.1) is 12.8 Å². The third kappa shape index (κ3) is 4.83. The van der Waals surface area contributed by atoms with E-state index in [2.05, 4.69) is 10.7 Å². The summed E-state index contributed by atoms with van der Waals surface area (Å²) in [6.45, 7) is 0. The van der Waals surface area contributed by atoms with Crippen molar-refractivity contribution >= 4 is 34.6 Å². The molecule has 0 saturated heterocycles. The fourth-order valence-electron chi connectivity index (χ4n) is 2.45. The normalized spacial score (nSPS) is 9.96. The van der Waals surface area contributed by atoms with E-state index in [4.69, 9.17) is 17.0 Å². The van der Waals surface area contributed by atoms with Gasteiger partial charge in [-0.15, -0.1) is 0 Å². The number of carbonyl (C=O) groups excluding carboxylic acids is 1. The number of hydrogen-bond acceptors (Lipinski definition) is 3. The van der Waals surface area contributed by atoms with E-state index in [-0.39, 0.29) is 5.91 Å². The number of anilines is 2. The molecule has 0 unspecified atom stereocenters. The fourth-order valence-corrected chi connectivity index (χ4v) is 2.66. The molecule has 0 saturated carbocycles. The van der Waals surface area contributed by atoms with Crippen molar-refractivity contribution in [2.24, 2.45) is 0 Å². The average Bonchev–Trinajstić information content (AvgIpc) is 2.73. The molecule has 0 fully saturated rings. The van der Waals surface area contributed by atoms with Crippen LogP contribution in [0.1, 0.15) is 10.4 Å². The Bertz CT molecular complexity index is 900. The zero-order chi connectivity index (χ0) is 19.1. The number of hydrogen-bond donors (Lipinski definition) is 2. The Hall–Kier alpha value is -3.38. The lowest BCUT2D eigenvalue weighted by Crippen LogP contribution is -2.48. The number of para-hydroxylation sites is 2. The van der Waals surface area contributed by atoms with Crippen LogP contribution in [0.2, 0.25) is 0 Å². The first-order valence-electron chi connectivity index (χ1n) is 8.33. The van der Waals surface area contributed by atoms with Gasteiger partial charge in [0.2, 0.25) is 0 Å². The van der Waals surface area contributed by atoms with E-state index in [9.17, 15) is 4.79 Å². The monoisotopic (exact) mass is 377 g/mol. The summed E-state index contributed by atoms with van der Waals surface area (Å²) in [4.78, 5) is 13.1. The predicted molar refractivity (Wildman–Crippen MR) is 112 cm³/mol. The Morgan fingerprint density at radius 3 is 2.07 bits per heavy atom. The third-order valence-electron chi connectivity index (χ3n) is 3.80. The Kier molecular flexibility index (Phi) is 6.02. The summed E-state index contributed by atoms with van der Waals surface area (Å²) in [7, 11) is 1.59. The largest absolute Gasteiger partial charge is 0.497 e. The van der Waals surface area contributed by atoms with Crippen LogP contribution in [0.3, 0.4) is 0 Å². The van der Waals surface area contributed by atoms with Crippen LogP contribution in [0.25, 0.3) is 0 Å². The van der Waals surface area contributed by atoms with Crippen LogP contribution in [0.5, 0.6) is 5.75 Å². The topological polar surface area (TPSA) is 53.6 Å². The van der Waals surface area contributed by atoms with E-state index in [0.29, 0.717) is 22.1 Å². The number of methoxy groups -OCH3 is 1. The second kappa shape index (κ2) is 8.82. The van der Waals surface area contributed by atoms with Gasteiger partial charge in [0.1, 0.15) is 5.75 Å². The maximum atomic E-state index is 13.1. The summed E-state index contributed by atoms with van der Waals surface area (Å²) in [6, 6.07) is 25.7. The molecular weight excluding hydrogens is 358 g/mol. The molecule has 3 aromatic carbocycles. The second-order valence-corrected chi connectivity index (χ2v) is 6.04. The van der Waals surface area contributed by atoms with Crippen LogP contribution < -0.4 is 20.5 Å². The molecule has 0 heterocycles. The number of nitrogens with one attached hydrogen (secondary N) is 2. The van der Waals surface area contributed by atoms with Gasteiger partial charge in [-0.2, -0.15) is 0 Å². The first-order valence-corrected chi connectivity index (χ1v) is 8.74. The molecule has 0 aromatic heterocycles. The molecule has 5 nitrogen and oxygen atoms in total. The van der Waals surface area contributed by atoms with Crippen molar-refractivity contribution in [3.05, 3.63) is 90.5 Å². The number of amides is 1. The molecule has 0 aliphatic heterocycles. The first kappa shape index (κ1) is 18.4. The van der Waals surface area contributed by atoms with Crippen LogP contribution in [0.15, 0.2) is 84.9 Å². The molecule has 0 spiro atoms. The van der Waals surface area contributed by atoms with Crippen molar-refractivity contribution in [3.63, 3.8) is 0 Å². The van der Waals surface area contributed by atoms with Crippen molar-refractivity contribution in [1.29, 1.82) is 0 Å². The maximum absolute atomic E-state index is 13.1. The van der Waals surface area contributed by atoms with Gasteiger partial charge in [0.15, 0.2) is 5.11 Å². The van der Waals surface area contributed by atoms with Crippen molar-refractivity contribution in [2.45, 2.75) is 0 Å². The van der Waals surface area contributed by atoms with Gasteiger partial charge < -0.3 is 10.1 Å². The lowest BCUT2D eigenvalue weighted by molar-refractivity contribution is 0.0981. The highest BCUT2D eigenvalue weighted by Gasteiger charge is 2.19. The molecule has 0 aliphatic carbocycles. The van der Waals surface area contributed by atoms with Gasteiger partial charge in [0, 0.05) is 11.3 Å². The Labute approximate surface area is 163 Å². The zero-order valence-corrected chi connectivity index (χ0v) is 15.6. The lowest BCUT2D eigenvalue weighted by atomic mass is 10.2. The summed E-state index contributed by atoms with van der Waals surface area (Å²) in [5.74, 6) is 0.452. The number of nitrogens with zero attached hydrogens (tertiary/aromatic N) is 1. The van der Waals surface area contributed by atoms with Crippen molar-refractivity contribution in [3.8, 4) is 5.75 Å². The third-order valence-corrected chi connectivity index (χ3v) is 3.99. The van der Waals surface area contributed by atoms with Crippen molar-refractivity contribution in [2.75, 3.05) is 17.4 Å². The predicted octanol–water partition coefficient (Wildman–Crippen LogP) is 4.24. The quantitative estimate of drug-likeness (QED) is 0.526. The minimum atomic E-state index is -0.235. The summed E-state index contributed by atoms with van der Waals surface area (Å²) in [6.07, 6.45) is 0. The van der Waals surface area contributed by atoms with E-state index >= 15 is 0 Å². The Morgan fingerprint density at radius 2 is 1.48 bits per heavy atom. The van der Waals surface area contributed by atoms with Crippen LogP contribution in [0.4, 0.5) is 11.4 Å². The summed E-state index contributed by atoms with van der Waals surface area (Å²) < 4.78 is 5.15. The molecule has 3 aromatic rings.